The fourth-order valence-electron chi connectivity index (χ4n) is 5.78. The molecule has 2 amide bonds. The number of nitrogens with zero attached hydrogens (tertiary/aromatic N) is 5. The molecule has 0 aliphatic carbocycles. The maximum Gasteiger partial charge on any atom is 0.352 e. The van der Waals surface area contributed by atoms with Crippen LogP contribution in [0.5, 0.6) is 23.0 Å². The van der Waals surface area contributed by atoms with Gasteiger partial charge in [0.2, 0.25) is 0 Å². The maximum absolute atomic E-state index is 13.6. The van der Waals surface area contributed by atoms with Gasteiger partial charge in [-0.1, -0.05) is 64.8 Å². The van der Waals surface area contributed by atoms with Gasteiger partial charge >= 0.3 is 5.97 Å². The van der Waals surface area contributed by atoms with Crippen LogP contribution in [0, 0.1) is 0 Å². The number of phenols is 4. The van der Waals surface area contributed by atoms with Crippen molar-refractivity contribution in [3.05, 3.63) is 98.7 Å². The van der Waals surface area contributed by atoms with E-state index in [0.29, 0.717) is 27.6 Å². The molecule has 2 atom stereocenters. The molecule has 0 bridgehead atoms. The largest absolute Gasteiger partial charge is 0.504 e. The summed E-state index contributed by atoms with van der Waals surface area (Å²) in [5, 5.41) is 57.6. The summed E-state index contributed by atoms with van der Waals surface area (Å²) < 4.78 is 0. The summed E-state index contributed by atoms with van der Waals surface area (Å²) in [5.74, 6) is -4.10. The average Bonchev–Trinajstić information content (AvgIpc) is 3.64. The average molecular weight is 869 g/mol. The Hall–Kier alpha value is -5.73. The van der Waals surface area contributed by atoms with Gasteiger partial charge in [-0.25, -0.2) is 19.7 Å². The van der Waals surface area contributed by atoms with Gasteiger partial charge in [0.15, 0.2) is 39.7 Å². The van der Waals surface area contributed by atoms with E-state index >= 15 is 0 Å². The third kappa shape index (κ3) is 7.96. The Labute approximate surface area is 344 Å². The molecule has 2 aromatic heterocycles. The fraction of sp³-hybridized carbons (Fsp3) is 0.139. The number of aliphatic carboxylic acids is 1. The minimum absolute atomic E-state index is 0.0278. The number of halogens is 2. The van der Waals surface area contributed by atoms with Crippen molar-refractivity contribution in [3.8, 4) is 45.5 Å². The number of fused-ring (bicyclic) bond motifs is 1. The van der Waals surface area contributed by atoms with E-state index < -0.39 is 47.3 Å². The van der Waals surface area contributed by atoms with E-state index in [1.165, 1.54) is 47.1 Å². The number of carboxylic acid groups (broad SMARTS) is 1. The number of nitrogens with two attached hydrogens (primary N) is 1. The lowest BCUT2D eigenvalue weighted by Gasteiger charge is -2.49. The maximum atomic E-state index is 13.6. The second-order valence-corrected chi connectivity index (χ2v) is 15.9. The zero-order chi connectivity index (χ0) is 40.5. The van der Waals surface area contributed by atoms with E-state index in [4.69, 9.17) is 38.8 Å². The zero-order valence-corrected chi connectivity index (χ0v) is 32.8. The molecule has 57 heavy (non-hydrogen) atoms. The third-order valence-electron chi connectivity index (χ3n) is 8.59. The molecule has 21 heteroatoms. The number of aromatic nitrogens is 3. The number of thioether (sulfide) groups is 2. The minimum Gasteiger partial charge on any atom is -0.504 e. The summed E-state index contributed by atoms with van der Waals surface area (Å²) in [7, 11) is 0. The number of benzene rings is 3. The summed E-state index contributed by atoms with van der Waals surface area (Å²) >= 11 is 15.5. The van der Waals surface area contributed by atoms with Crippen LogP contribution in [0.2, 0.25) is 10.0 Å². The molecule has 1 saturated heterocycles. The number of nitrogens with one attached hydrogen (secondary N) is 1. The van der Waals surface area contributed by atoms with Gasteiger partial charge in [-0.2, -0.15) is 0 Å². The van der Waals surface area contributed by atoms with E-state index in [1.807, 2.05) is 30.3 Å². The number of carbonyl (C=O) groups excluding carboxylic acids is 2. The Morgan fingerprint density at radius 1 is 1.04 bits per heavy atom. The molecule has 8 N–H and O–H groups in total. The van der Waals surface area contributed by atoms with Crippen LogP contribution in [0.4, 0.5) is 5.13 Å². The number of anilines is 1. The first-order chi connectivity index (χ1) is 27.3. The summed E-state index contributed by atoms with van der Waals surface area (Å²) in [6.45, 7) is -0.396. The summed E-state index contributed by atoms with van der Waals surface area (Å²) in [4.78, 5) is 59.8. The highest BCUT2D eigenvalue weighted by atomic mass is 35.5. The first kappa shape index (κ1) is 39.5. The number of hydrogen-bond acceptors (Lipinski definition) is 16. The van der Waals surface area contributed by atoms with Crippen molar-refractivity contribution in [2.75, 3.05) is 17.2 Å². The fourth-order valence-corrected chi connectivity index (χ4v) is 9.25. The Bertz CT molecular complexity index is 2500. The van der Waals surface area contributed by atoms with Gasteiger partial charge in [-0.15, -0.1) is 34.9 Å². The van der Waals surface area contributed by atoms with E-state index in [9.17, 15) is 39.9 Å². The lowest BCUT2D eigenvalue weighted by molar-refractivity contribution is -0.150. The SMILES string of the molecule is Nc1nc(C(=NOCc2cc(Cl)c(O)c(O)c2Cl)C(=O)N[C@@H]2C(=O)N3C(C(=O)O)=C(CSc4nc(-c5ccccc5)ncc4-c4ccc(O)c(O)c4)CS[C@H]23)cs1. The van der Waals surface area contributed by atoms with Gasteiger partial charge < -0.3 is 41.4 Å². The van der Waals surface area contributed by atoms with Gasteiger partial charge in [0.05, 0.1) is 10.0 Å². The Kier molecular flexibility index (Phi) is 11.4. The van der Waals surface area contributed by atoms with Crippen LogP contribution in [-0.2, 0) is 25.8 Å². The van der Waals surface area contributed by atoms with Crippen molar-refractivity contribution >= 4 is 86.7 Å². The molecule has 5 aromatic rings. The molecule has 0 radical (unpaired) electrons. The van der Waals surface area contributed by atoms with Crippen LogP contribution >= 0.6 is 58.1 Å². The molecule has 1 fully saturated rings. The number of hydrogen-bond donors (Lipinski definition) is 7. The van der Waals surface area contributed by atoms with Crippen LogP contribution in [-0.4, -0.2) is 91.8 Å². The number of β-lactam (4-membered cyclic amide) rings is 1. The predicted octanol–water partition coefficient (Wildman–Crippen LogP) is 5.43. The number of phenolic OH excluding ortho intramolecular Hbond substituents is 4. The Morgan fingerprint density at radius 3 is 2.51 bits per heavy atom. The van der Waals surface area contributed by atoms with Crippen LogP contribution in [0.15, 0.2) is 87.6 Å². The lowest BCUT2D eigenvalue weighted by atomic mass is 10.0. The van der Waals surface area contributed by atoms with E-state index in [-0.39, 0.29) is 60.8 Å². The van der Waals surface area contributed by atoms with Gasteiger partial charge in [0, 0.05) is 39.8 Å². The molecular formula is C36H27Cl2N7O9S3. The Balaban J connectivity index is 1.11. The predicted molar refractivity (Wildman–Crippen MR) is 214 cm³/mol. The van der Waals surface area contributed by atoms with Crippen molar-refractivity contribution < 1.29 is 44.8 Å². The second-order valence-electron chi connectivity index (χ2n) is 12.2. The number of rotatable bonds is 12. The number of oxime groups is 1. The van der Waals surface area contributed by atoms with E-state index in [0.717, 1.165) is 21.8 Å². The first-order valence-electron chi connectivity index (χ1n) is 16.4. The number of aromatic hydroxyl groups is 4. The first-order valence-corrected chi connectivity index (χ1v) is 20.1. The molecule has 292 valence electrons. The molecule has 0 saturated carbocycles. The molecule has 4 heterocycles. The number of nitrogen functional groups attached to an aromatic ring is 1. The van der Waals surface area contributed by atoms with Crippen molar-refractivity contribution in [3.63, 3.8) is 0 Å². The third-order valence-corrected chi connectivity index (χ3v) is 12.4. The van der Waals surface area contributed by atoms with Crippen molar-refractivity contribution in [2.45, 2.75) is 23.0 Å². The number of carbonyl (C=O) groups is 3. The molecule has 7 rings (SSSR count). The summed E-state index contributed by atoms with van der Waals surface area (Å²) in [6.07, 6.45) is 1.58. The van der Waals surface area contributed by atoms with Crippen molar-refractivity contribution in [1.82, 2.24) is 25.2 Å². The monoisotopic (exact) mass is 867 g/mol. The standard InChI is InChI=1S/C36H27Cl2N7O9S3/c37-20-8-17(24(38)29(49)28(20)48)11-54-44-25(21-14-57-36(39)41-21)31(50)42-26-33(51)45-27(35(52)53)18(13-56-34(26)45)12-55-32-19(16-6-7-22(46)23(47)9-16)10-40-30(43-32)15-4-2-1-3-5-15/h1-10,14,26,34,46-49H,11-13H2,(H2,39,41)(H,42,50)(H,52,53)/t26-,34-/m1/s1. The van der Waals surface area contributed by atoms with Crippen LogP contribution < -0.4 is 11.1 Å². The van der Waals surface area contributed by atoms with Gasteiger partial charge in [0.25, 0.3) is 11.8 Å². The molecule has 3 aromatic carbocycles. The highest BCUT2D eigenvalue weighted by molar-refractivity contribution is 8.01. The molecular weight excluding hydrogens is 842 g/mol. The number of amides is 2. The van der Waals surface area contributed by atoms with E-state index in [1.54, 1.807) is 12.3 Å². The van der Waals surface area contributed by atoms with Crippen molar-refractivity contribution in [1.29, 1.82) is 0 Å². The number of thiazole rings is 1. The second kappa shape index (κ2) is 16.4. The molecule has 2 aliphatic rings. The molecule has 2 aliphatic heterocycles. The topological polar surface area (TPSA) is 254 Å². The van der Waals surface area contributed by atoms with Crippen molar-refractivity contribution in [2.24, 2.45) is 5.16 Å². The number of carboxylic acids is 1. The normalized spacial score (nSPS) is 16.6. The van der Waals surface area contributed by atoms with Crippen LogP contribution in [0.3, 0.4) is 0 Å². The highest BCUT2D eigenvalue weighted by Crippen LogP contribution is 2.44. The Morgan fingerprint density at radius 2 is 1.81 bits per heavy atom. The summed E-state index contributed by atoms with van der Waals surface area (Å²) in [5.41, 5.74) is 7.58. The smallest absolute Gasteiger partial charge is 0.352 e. The molecule has 0 unspecified atom stereocenters. The van der Waals surface area contributed by atoms with Gasteiger partial charge in [-0.05, 0) is 29.3 Å². The quantitative estimate of drug-likeness (QED) is 0.0206. The highest BCUT2D eigenvalue weighted by Gasteiger charge is 2.54. The molecule has 0 spiro atoms. The van der Waals surface area contributed by atoms with Gasteiger partial charge in [0.1, 0.15) is 34.4 Å². The lowest BCUT2D eigenvalue weighted by Crippen LogP contribution is -2.71. The zero-order valence-electron chi connectivity index (χ0n) is 28.8. The summed E-state index contributed by atoms with van der Waals surface area (Å²) in [6, 6.07) is 13.6. The van der Waals surface area contributed by atoms with Gasteiger partial charge in [-0.3, -0.25) is 14.5 Å². The van der Waals surface area contributed by atoms with E-state index in [2.05, 4.69) is 20.4 Å². The van der Waals surface area contributed by atoms with Crippen LogP contribution in [0.1, 0.15) is 11.3 Å². The minimum atomic E-state index is -1.34. The van der Waals surface area contributed by atoms with Crippen LogP contribution in [0.25, 0.3) is 22.5 Å². The molecule has 16 nitrogen and oxygen atoms in total.